The molecule has 26 nitrogen and oxygen atoms in total. The first-order chi connectivity index (χ1) is 61.2. The Labute approximate surface area is 755 Å². The molecular formula is C100H140N20O6S. The van der Waals surface area contributed by atoms with Crippen LogP contribution in [0.1, 0.15) is 236 Å². The zero-order valence-electron chi connectivity index (χ0n) is 78.1. The Kier molecular flexibility index (Phi) is 32.4. The van der Waals surface area contributed by atoms with E-state index in [1.54, 1.807) is 12.4 Å². The van der Waals surface area contributed by atoms with E-state index in [0.717, 1.165) is 208 Å². The van der Waals surface area contributed by atoms with Gasteiger partial charge in [-0.2, -0.15) is 4.98 Å². The lowest BCUT2D eigenvalue weighted by Gasteiger charge is -2.45. The Morgan fingerprint density at radius 3 is 1.30 bits per heavy atom. The first-order valence-corrected chi connectivity index (χ1v) is 47.6. The summed E-state index contributed by atoms with van der Waals surface area (Å²) in [5.41, 5.74) is 9.84. The van der Waals surface area contributed by atoms with Crippen LogP contribution >= 0.6 is 11.3 Å². The molecule has 0 saturated carbocycles. The Bertz CT molecular complexity index is 5100. The number of carbonyl (C=O) groups is 4. The number of aromatic nitrogens is 11. The fourth-order valence-corrected chi connectivity index (χ4v) is 19.0. The highest BCUT2D eigenvalue weighted by Crippen LogP contribution is 2.35. The van der Waals surface area contributed by atoms with Crippen LogP contribution in [-0.2, 0) is 25.7 Å². The second kappa shape index (κ2) is 43.7. The number of ketones is 3. The number of nitrogens with zero attached hydrogens (tertiary/aromatic N) is 14. The summed E-state index contributed by atoms with van der Waals surface area (Å²) in [6.07, 6.45) is 29.5. The van der Waals surface area contributed by atoms with Crippen molar-refractivity contribution in [1.29, 1.82) is 0 Å². The Balaban J connectivity index is 0.000000145. The maximum Gasteiger partial charge on any atom is 0.297 e. The monoisotopic (exact) mass is 1750 g/mol. The molecule has 12 aromatic rings. The van der Waals surface area contributed by atoms with Crippen LogP contribution in [0.5, 0.6) is 0 Å². The Morgan fingerprint density at radius 2 is 0.858 bits per heavy atom. The number of carbonyl (C=O) groups excluding carboxylic acids is 4. The molecule has 0 bridgehead atoms. The molecule has 4 saturated heterocycles. The van der Waals surface area contributed by atoms with Crippen LogP contribution in [0.2, 0.25) is 0 Å². The van der Waals surface area contributed by atoms with E-state index in [1.807, 2.05) is 24.3 Å². The molecular weight excluding hydrogens is 1610 g/mol. The molecule has 4 aromatic carbocycles. The number of amides is 1. The number of likely N-dealkylation sites (N-methyl/N-ethyl adjacent to an activating group) is 4. The number of piperazine rings is 4. The fourth-order valence-electron chi connectivity index (χ4n) is 18.2. The van der Waals surface area contributed by atoms with Gasteiger partial charge in [-0.25, -0.2) is 9.97 Å². The number of hydrogen-bond donors (Lipinski definition) is 6. The molecule has 4 fully saturated rings. The minimum absolute atomic E-state index is 0.0431. The highest BCUT2D eigenvalue weighted by Gasteiger charge is 2.37. The third kappa shape index (κ3) is 24.6. The van der Waals surface area contributed by atoms with Crippen LogP contribution < -0.4 is 24.9 Å². The van der Waals surface area contributed by atoms with Crippen molar-refractivity contribution >= 4 is 101 Å². The SMILES string of the molecule is CCCCC(CC(=O)c1cnc(N2CCN(C)C(C)(C)C2)o1)Cc1c[nH]c2ccccc12.CCCCC(CC(=O)c1cnc(N2CCN(C)C(C)C2)o1)Cc1c[nH]c2ccccc12.CCCCC(CC(=O)c1nc(N2CCN(C)C(C)(C)C2)n[nH]1)Cc1c[nH]c2ccccc12.CCCCC(Cc1c[nH]c2ccccc12)NC(=O)c1nnc(N2CCN(C)C(C)(C)C2)s1. The molecule has 682 valence electrons. The van der Waals surface area contributed by atoms with E-state index >= 15 is 0 Å². The van der Waals surface area contributed by atoms with Gasteiger partial charge in [0.2, 0.25) is 16.1 Å². The minimum Gasteiger partial charge on any atom is -0.420 e. The van der Waals surface area contributed by atoms with Crippen molar-refractivity contribution in [3.05, 3.63) is 179 Å². The average Bonchev–Trinajstić information content (AvgIpc) is 1.78. The minimum atomic E-state index is -0.122. The largest absolute Gasteiger partial charge is 0.420 e. The third-order valence-electron chi connectivity index (χ3n) is 27.1. The molecule has 127 heavy (non-hydrogen) atoms. The normalized spacial score (nSPS) is 17.9. The summed E-state index contributed by atoms with van der Waals surface area (Å²) in [6.45, 7) is 35.1. The number of aromatic amines is 5. The number of unbranched alkanes of at least 4 members (excludes halogenated alkanes) is 4. The summed E-state index contributed by atoms with van der Waals surface area (Å²) >= 11 is 1.39. The first kappa shape index (κ1) is 94.3. The van der Waals surface area contributed by atoms with Gasteiger partial charge in [0.1, 0.15) is 0 Å². The first-order valence-electron chi connectivity index (χ1n) is 46.8. The number of anilines is 4. The molecule has 1 amide bonds. The number of oxazole rings is 2. The van der Waals surface area contributed by atoms with E-state index in [0.29, 0.717) is 71.6 Å². The molecule has 5 atom stereocenters. The second-order valence-corrected chi connectivity index (χ2v) is 39.1. The van der Waals surface area contributed by atoms with Crippen LogP contribution in [-0.4, -0.2) is 234 Å². The maximum atomic E-state index is 13.1. The van der Waals surface area contributed by atoms with E-state index in [2.05, 4.69) is 302 Å². The summed E-state index contributed by atoms with van der Waals surface area (Å²) in [5.74, 6) is 2.72. The summed E-state index contributed by atoms with van der Waals surface area (Å²) in [6, 6.07) is 35.1. The van der Waals surface area contributed by atoms with Crippen molar-refractivity contribution < 1.29 is 28.0 Å². The number of fused-ring (bicyclic) bond motifs is 4. The van der Waals surface area contributed by atoms with Gasteiger partial charge in [0.25, 0.3) is 17.9 Å². The van der Waals surface area contributed by atoms with E-state index < -0.39 is 0 Å². The standard InChI is InChI=1S/C26H36N4O2.C25H36N6O.C25H34N4O2.C24H34N6OS/c1-5-6-9-19(14-20-16-27-22-11-8-7-10-21(20)22)15-23(31)24-17-28-25(32-24)30-13-12-29(4)26(2,3)18-30;1-5-6-9-18(14-19-16-26-21-11-8-7-10-20(19)21)15-22(32)23-27-24(29-28-23)31-13-12-30(4)25(2,3)17-31;1-4-5-8-19(13-20-15-26-22-10-7-6-9-21(20)22)14-23(30)24-16-27-25(31-24)29-12-11-28(3)18(2)17-29;1-5-6-9-18(14-17-15-25-20-11-8-7-10-19(17)20)26-21(31)22-27-28-23(32-22)30-13-12-29(4)24(2,3)16-30/h7-8,10-11,16-17,19,27H,5-6,9,12-15,18H2,1-4H3;7-8,10-11,16,18,26H,5-6,9,12-15,17H2,1-4H3,(H,27,28,29);6-7,9-10,15-16,18-19,26H,4-5,8,11-14,17H2,1-3H3;7-8,10-11,15,18,25H,5-6,9,12-14,16H2,1-4H3,(H,26,31). The predicted molar refractivity (Wildman–Crippen MR) is 515 cm³/mol. The van der Waals surface area contributed by atoms with Gasteiger partial charge in [-0.3, -0.25) is 39.0 Å². The van der Waals surface area contributed by atoms with Gasteiger partial charge < -0.3 is 58.6 Å². The topological polar surface area (TPSA) is 289 Å². The number of rotatable bonds is 35. The quantitative estimate of drug-likeness (QED) is 0.0201. The van der Waals surface area contributed by atoms with Crippen LogP contribution in [0, 0.1) is 17.8 Å². The van der Waals surface area contributed by atoms with Crippen molar-refractivity contribution in [2.24, 2.45) is 17.8 Å². The molecule has 8 aromatic heterocycles. The molecule has 6 N–H and O–H groups in total. The number of Topliss-reactive ketones (excluding diaryl/α,β-unsaturated/α-hetero) is 3. The zero-order valence-corrected chi connectivity index (χ0v) is 78.9. The molecule has 12 heterocycles. The van der Waals surface area contributed by atoms with Crippen molar-refractivity contribution in [1.82, 2.24) is 80.2 Å². The zero-order chi connectivity index (χ0) is 89.9. The van der Waals surface area contributed by atoms with Gasteiger partial charge in [-0.15, -0.1) is 15.3 Å². The average molecular weight is 1750 g/mol. The van der Waals surface area contributed by atoms with Crippen molar-refractivity contribution in [3.63, 3.8) is 0 Å². The van der Waals surface area contributed by atoms with Crippen molar-refractivity contribution in [2.45, 2.75) is 227 Å². The molecule has 4 aliphatic heterocycles. The van der Waals surface area contributed by atoms with E-state index in [4.69, 9.17) is 8.83 Å². The van der Waals surface area contributed by atoms with Gasteiger partial charge in [-0.05, 0) is 192 Å². The van der Waals surface area contributed by atoms with Crippen LogP contribution in [0.15, 0.2) is 143 Å². The molecule has 5 unspecified atom stereocenters. The molecule has 27 heteroatoms. The highest BCUT2D eigenvalue weighted by molar-refractivity contribution is 7.17. The molecule has 0 spiro atoms. The van der Waals surface area contributed by atoms with Gasteiger partial charge in [-0.1, -0.05) is 163 Å². The van der Waals surface area contributed by atoms with Gasteiger partial charge in [0, 0.05) is 195 Å². The summed E-state index contributed by atoms with van der Waals surface area (Å²) in [4.78, 5) is 97.3. The molecule has 0 radical (unpaired) electrons. The predicted octanol–water partition coefficient (Wildman–Crippen LogP) is 18.7. The number of nitrogens with one attached hydrogen (secondary N) is 6. The molecule has 16 rings (SSSR count). The van der Waals surface area contributed by atoms with Crippen LogP contribution in [0.4, 0.5) is 23.1 Å². The number of H-pyrrole nitrogens is 5. The van der Waals surface area contributed by atoms with Gasteiger partial charge >= 0.3 is 0 Å². The third-order valence-corrected chi connectivity index (χ3v) is 28.1. The van der Waals surface area contributed by atoms with Crippen LogP contribution in [0.3, 0.4) is 0 Å². The smallest absolute Gasteiger partial charge is 0.297 e. The highest BCUT2D eigenvalue weighted by atomic mass is 32.1. The summed E-state index contributed by atoms with van der Waals surface area (Å²) < 4.78 is 11.9. The van der Waals surface area contributed by atoms with Gasteiger partial charge in [0.15, 0.2) is 34.7 Å². The molecule has 0 aliphatic carbocycles. The second-order valence-electron chi connectivity index (χ2n) is 38.1. The van der Waals surface area contributed by atoms with Gasteiger partial charge in [0.05, 0.1) is 12.4 Å². The lowest BCUT2D eigenvalue weighted by atomic mass is 9.89. The number of para-hydroxylation sites is 4. The van der Waals surface area contributed by atoms with Crippen molar-refractivity contribution in [3.8, 4) is 0 Å². The molecule has 4 aliphatic rings. The Hall–Kier alpha value is -10.3. The Morgan fingerprint density at radius 1 is 0.472 bits per heavy atom. The fraction of sp³-hybridized carbons (Fsp3) is 0.540. The lowest BCUT2D eigenvalue weighted by molar-refractivity contribution is 0.0922. The van der Waals surface area contributed by atoms with Crippen molar-refractivity contribution in [2.75, 3.05) is 126 Å². The lowest BCUT2D eigenvalue weighted by Crippen LogP contribution is -2.58. The summed E-state index contributed by atoms with van der Waals surface area (Å²) in [7, 11) is 8.58. The summed E-state index contributed by atoms with van der Waals surface area (Å²) in [5, 5.41) is 25.4. The number of benzene rings is 4. The van der Waals surface area contributed by atoms with Crippen LogP contribution in [0.25, 0.3) is 43.6 Å². The van der Waals surface area contributed by atoms with E-state index in [1.165, 1.54) is 55.1 Å². The van der Waals surface area contributed by atoms with E-state index in [9.17, 15) is 19.2 Å². The number of hydrogen-bond acceptors (Lipinski definition) is 21. The van der Waals surface area contributed by atoms with E-state index in [-0.39, 0.29) is 57.8 Å². The maximum absolute atomic E-state index is 13.1.